The molecule has 0 radical (unpaired) electrons. The van der Waals surface area contributed by atoms with E-state index in [9.17, 15) is 18.9 Å². The van der Waals surface area contributed by atoms with Crippen molar-refractivity contribution in [2.24, 2.45) is 0 Å². The molecule has 0 spiro atoms. The van der Waals surface area contributed by atoms with E-state index in [1.165, 1.54) is 7.11 Å². The summed E-state index contributed by atoms with van der Waals surface area (Å²) in [4.78, 5) is 44.8. The van der Waals surface area contributed by atoms with Crippen LogP contribution < -0.4 is 14.7 Å². The minimum atomic E-state index is -1.38. The number of fused-ring (bicyclic) bond motifs is 4. The number of rotatable bonds is 6. The summed E-state index contributed by atoms with van der Waals surface area (Å²) in [6.45, 7) is 2.98. The number of piperazine rings is 1. The molecule has 3 aliphatic heterocycles. The van der Waals surface area contributed by atoms with Gasteiger partial charge in [0.15, 0.2) is 5.82 Å². The lowest BCUT2D eigenvalue weighted by Crippen LogP contribution is -2.47. The third-order valence-corrected chi connectivity index (χ3v) is 11.8. The van der Waals surface area contributed by atoms with E-state index in [1.807, 2.05) is 72.8 Å². The molecule has 11 nitrogen and oxygen atoms in total. The normalized spacial score (nSPS) is 21.3. The van der Waals surface area contributed by atoms with Gasteiger partial charge in [-0.2, -0.15) is 4.98 Å². The molecule has 0 bridgehead atoms. The Kier molecular flexibility index (Phi) is 8.15. The monoisotopic (exact) mass is 698 g/mol. The molecule has 1 amide bonds. The van der Waals surface area contributed by atoms with Gasteiger partial charge in [0.2, 0.25) is 5.95 Å². The molecule has 1 aliphatic carbocycles. The SMILES string of the molecule is COC(=O)N(C1c2ccccc2-c2ccccc21)[C@@H]1C[C@@H](C(=O)O)N(c2nc(N3CCN(c4ccc(Cl)cc4)CC3)nc3c2S(=O)CC3)C1. The molecule has 1 N–H and O–H groups in total. The number of hydrogen-bond acceptors (Lipinski definition) is 9. The first-order valence-corrected chi connectivity index (χ1v) is 18.1. The first-order valence-electron chi connectivity index (χ1n) is 16.4. The summed E-state index contributed by atoms with van der Waals surface area (Å²) >= 11 is 6.10. The van der Waals surface area contributed by atoms with Gasteiger partial charge in [0.05, 0.1) is 35.7 Å². The second kappa shape index (κ2) is 12.6. The molecule has 49 heavy (non-hydrogen) atoms. The molecule has 8 rings (SSSR count). The van der Waals surface area contributed by atoms with Crippen LogP contribution in [0.1, 0.15) is 29.3 Å². The lowest BCUT2D eigenvalue weighted by molar-refractivity contribution is -0.138. The standard InChI is InChI=1S/C36H35ClN6O5S/c1-48-36(46)43(31-27-8-4-2-6-25(27)26-7-3-5-9-28(26)31)24-20-30(34(44)45)42(21-24)33-32-29(14-19-49(32)47)38-35(39-33)41-17-15-40(16-18-41)23-12-10-22(37)11-13-23/h2-13,24,30-31H,14-21H2,1H3,(H,44,45)/t24-,30+,49?/m1/s1. The lowest BCUT2D eigenvalue weighted by atomic mass is 10.0. The van der Waals surface area contributed by atoms with E-state index in [0.717, 1.165) is 41.0 Å². The van der Waals surface area contributed by atoms with Crippen molar-refractivity contribution >= 4 is 51.9 Å². The number of ether oxygens (including phenoxy) is 1. The molecule has 13 heteroatoms. The van der Waals surface area contributed by atoms with Crippen molar-refractivity contribution < 1.29 is 23.6 Å². The van der Waals surface area contributed by atoms with Crippen LogP contribution in [-0.4, -0.2) is 93.9 Å². The third kappa shape index (κ3) is 5.47. The number of nitrogens with zero attached hydrogens (tertiary/aromatic N) is 6. The average molecular weight is 699 g/mol. The minimum absolute atomic E-state index is 0.145. The van der Waals surface area contributed by atoms with Crippen LogP contribution in [-0.2, 0) is 26.8 Å². The van der Waals surface area contributed by atoms with Gasteiger partial charge in [-0.3, -0.25) is 9.11 Å². The Labute approximate surface area is 291 Å². The van der Waals surface area contributed by atoms with Crippen LogP contribution in [0.25, 0.3) is 11.1 Å². The molecule has 2 saturated heterocycles. The summed E-state index contributed by atoms with van der Waals surface area (Å²) in [7, 11) is -0.0255. The van der Waals surface area contributed by atoms with Gasteiger partial charge in [0.1, 0.15) is 10.9 Å². The summed E-state index contributed by atoms with van der Waals surface area (Å²) in [6, 6.07) is 21.7. The largest absolute Gasteiger partial charge is 0.480 e. The Morgan fingerprint density at radius 1 is 0.918 bits per heavy atom. The smallest absolute Gasteiger partial charge is 0.410 e. The Morgan fingerprint density at radius 2 is 1.55 bits per heavy atom. The zero-order chi connectivity index (χ0) is 33.8. The van der Waals surface area contributed by atoms with Crippen LogP contribution in [0, 0.1) is 0 Å². The van der Waals surface area contributed by atoms with E-state index >= 15 is 0 Å². The molecular weight excluding hydrogens is 664 g/mol. The highest BCUT2D eigenvalue weighted by Crippen LogP contribution is 2.48. The van der Waals surface area contributed by atoms with E-state index in [-0.39, 0.29) is 13.0 Å². The second-order valence-corrected chi connectivity index (χ2v) is 14.7. The number of anilines is 3. The molecule has 1 aromatic heterocycles. The number of halogens is 1. The zero-order valence-corrected chi connectivity index (χ0v) is 28.4. The fraction of sp³-hybridized carbons (Fsp3) is 0.333. The summed E-state index contributed by atoms with van der Waals surface area (Å²) in [6.07, 6.45) is 0.128. The Hall–Kier alpha value is -4.68. The van der Waals surface area contributed by atoms with Gasteiger partial charge < -0.3 is 24.5 Å². The maximum absolute atomic E-state index is 13.7. The van der Waals surface area contributed by atoms with Crippen molar-refractivity contribution in [3.05, 3.63) is 94.6 Å². The van der Waals surface area contributed by atoms with Gasteiger partial charge in [0, 0.05) is 62.0 Å². The first-order chi connectivity index (χ1) is 23.8. The van der Waals surface area contributed by atoms with Gasteiger partial charge in [-0.25, -0.2) is 14.6 Å². The van der Waals surface area contributed by atoms with Crippen LogP contribution in [0.4, 0.5) is 22.2 Å². The van der Waals surface area contributed by atoms with E-state index in [4.69, 9.17) is 26.3 Å². The topological polar surface area (TPSA) is 119 Å². The van der Waals surface area contributed by atoms with Crippen LogP contribution in [0.3, 0.4) is 0 Å². The van der Waals surface area contributed by atoms with Crippen molar-refractivity contribution in [2.45, 2.75) is 35.9 Å². The minimum Gasteiger partial charge on any atom is -0.480 e. The number of aryl methyl sites for hydroxylation is 1. The highest BCUT2D eigenvalue weighted by Gasteiger charge is 2.48. The number of methoxy groups -OCH3 is 1. The van der Waals surface area contributed by atoms with Crippen molar-refractivity contribution in [3.8, 4) is 11.1 Å². The van der Waals surface area contributed by atoms with E-state index < -0.39 is 41.0 Å². The third-order valence-electron chi connectivity index (χ3n) is 10.1. The maximum atomic E-state index is 13.7. The summed E-state index contributed by atoms with van der Waals surface area (Å²) in [5, 5.41) is 11.3. The van der Waals surface area contributed by atoms with Crippen LogP contribution in [0.15, 0.2) is 77.7 Å². The first kappa shape index (κ1) is 31.6. The quantitative estimate of drug-likeness (QED) is 0.295. The summed E-state index contributed by atoms with van der Waals surface area (Å²) < 4.78 is 18.8. The van der Waals surface area contributed by atoms with Crippen LogP contribution >= 0.6 is 11.6 Å². The van der Waals surface area contributed by atoms with E-state index in [0.29, 0.717) is 52.6 Å². The fourth-order valence-corrected chi connectivity index (χ4v) is 9.29. The number of carboxylic acids is 1. The number of aliphatic carboxylic acids is 1. The second-order valence-electron chi connectivity index (χ2n) is 12.7. The van der Waals surface area contributed by atoms with Gasteiger partial charge in [0.25, 0.3) is 0 Å². The Morgan fingerprint density at radius 3 is 2.18 bits per heavy atom. The van der Waals surface area contributed by atoms with Crippen LogP contribution in [0.2, 0.25) is 5.02 Å². The lowest BCUT2D eigenvalue weighted by Gasteiger charge is -2.37. The molecule has 4 aliphatic rings. The molecule has 0 saturated carbocycles. The van der Waals surface area contributed by atoms with Crippen molar-refractivity contribution in [1.82, 2.24) is 14.9 Å². The van der Waals surface area contributed by atoms with E-state index in [1.54, 1.807) is 9.80 Å². The van der Waals surface area contributed by atoms with Crippen LogP contribution in [0.5, 0.6) is 0 Å². The predicted octanol–water partition coefficient (Wildman–Crippen LogP) is 4.99. The fourth-order valence-electron chi connectivity index (χ4n) is 7.80. The maximum Gasteiger partial charge on any atom is 0.410 e. The highest BCUT2D eigenvalue weighted by molar-refractivity contribution is 7.85. The van der Waals surface area contributed by atoms with Crippen molar-refractivity contribution in [2.75, 3.05) is 60.3 Å². The van der Waals surface area contributed by atoms with Gasteiger partial charge in [-0.1, -0.05) is 60.1 Å². The number of amides is 1. The number of carbonyl (C=O) groups excluding carboxylic acids is 1. The number of hydrogen-bond donors (Lipinski definition) is 1. The summed E-state index contributed by atoms with van der Waals surface area (Å²) in [5.41, 5.74) is 5.77. The highest BCUT2D eigenvalue weighted by atomic mass is 35.5. The molecule has 252 valence electrons. The Bertz CT molecular complexity index is 1920. The average Bonchev–Trinajstić information content (AvgIpc) is 3.83. The molecule has 3 atom stereocenters. The van der Waals surface area contributed by atoms with Crippen molar-refractivity contribution in [3.63, 3.8) is 0 Å². The van der Waals surface area contributed by atoms with Gasteiger partial charge in [-0.15, -0.1) is 0 Å². The number of aromatic nitrogens is 2. The molecule has 1 unspecified atom stereocenters. The molecule has 3 aromatic carbocycles. The summed E-state index contributed by atoms with van der Waals surface area (Å²) in [5.74, 6) is 0.250. The zero-order valence-electron chi connectivity index (χ0n) is 26.9. The number of carbonyl (C=O) groups is 2. The molecule has 4 heterocycles. The molecular formula is C36H35ClN6O5S. The predicted molar refractivity (Wildman–Crippen MR) is 188 cm³/mol. The van der Waals surface area contributed by atoms with Gasteiger partial charge >= 0.3 is 12.1 Å². The van der Waals surface area contributed by atoms with E-state index in [2.05, 4.69) is 9.80 Å². The van der Waals surface area contributed by atoms with Crippen molar-refractivity contribution in [1.29, 1.82) is 0 Å². The molecule has 4 aromatic rings. The number of benzene rings is 3. The van der Waals surface area contributed by atoms with Gasteiger partial charge in [-0.05, 0) is 46.5 Å². The molecule has 2 fully saturated rings. The number of carboxylic acid groups (broad SMARTS) is 1. The Balaban J connectivity index is 1.14.